The Balaban J connectivity index is 1.94. The van der Waals surface area contributed by atoms with Crippen LogP contribution in [-0.4, -0.2) is 17.7 Å². The van der Waals surface area contributed by atoms with Gasteiger partial charge in [-0.3, -0.25) is 4.79 Å². The first-order chi connectivity index (χ1) is 8.51. The Morgan fingerprint density at radius 3 is 2.72 bits per heavy atom. The van der Waals surface area contributed by atoms with E-state index < -0.39 is 5.97 Å². The number of carboxylic acid groups (broad SMARTS) is 1. The highest BCUT2D eigenvalue weighted by Crippen LogP contribution is 2.49. The summed E-state index contributed by atoms with van der Waals surface area (Å²) in [6.45, 7) is 4.80. The average Bonchev–Trinajstić information content (AvgIpc) is 3.06. The van der Waals surface area contributed by atoms with Gasteiger partial charge in [0.1, 0.15) is 5.75 Å². The Labute approximate surface area is 108 Å². The Hall–Kier alpha value is -1.51. The fourth-order valence-electron chi connectivity index (χ4n) is 2.07. The Kier molecular flexibility index (Phi) is 3.60. The number of aliphatic carboxylic acids is 1. The summed E-state index contributed by atoms with van der Waals surface area (Å²) in [5, 5.41) is 8.85. The fourth-order valence-corrected chi connectivity index (χ4v) is 2.07. The van der Waals surface area contributed by atoms with Crippen LogP contribution in [0, 0.1) is 5.41 Å². The van der Waals surface area contributed by atoms with Crippen LogP contribution in [0.1, 0.15) is 44.6 Å². The van der Waals surface area contributed by atoms with E-state index in [2.05, 4.69) is 19.9 Å². The first-order valence-electron chi connectivity index (χ1n) is 6.45. The molecule has 2 rings (SSSR count). The van der Waals surface area contributed by atoms with Crippen molar-refractivity contribution < 1.29 is 14.6 Å². The third-order valence-corrected chi connectivity index (χ3v) is 3.55. The van der Waals surface area contributed by atoms with Gasteiger partial charge in [0.2, 0.25) is 0 Å². The van der Waals surface area contributed by atoms with E-state index in [1.807, 2.05) is 18.2 Å². The quantitative estimate of drug-likeness (QED) is 0.838. The molecule has 98 valence electrons. The van der Waals surface area contributed by atoms with Gasteiger partial charge in [-0.2, -0.15) is 0 Å². The van der Waals surface area contributed by atoms with Gasteiger partial charge in [-0.15, -0.1) is 0 Å². The van der Waals surface area contributed by atoms with Gasteiger partial charge in [0.15, 0.2) is 0 Å². The van der Waals surface area contributed by atoms with Crippen LogP contribution in [0.15, 0.2) is 24.3 Å². The second-order valence-corrected chi connectivity index (χ2v) is 5.59. The van der Waals surface area contributed by atoms with Crippen molar-refractivity contribution in [3.05, 3.63) is 29.8 Å². The van der Waals surface area contributed by atoms with Crippen molar-refractivity contribution in [2.24, 2.45) is 5.41 Å². The molecule has 1 saturated carbocycles. The zero-order valence-electron chi connectivity index (χ0n) is 11.0. The Morgan fingerprint density at radius 1 is 1.44 bits per heavy atom. The van der Waals surface area contributed by atoms with Crippen molar-refractivity contribution in [1.29, 1.82) is 0 Å². The van der Waals surface area contributed by atoms with Crippen LogP contribution >= 0.6 is 0 Å². The van der Waals surface area contributed by atoms with E-state index in [0.29, 0.717) is 12.5 Å². The molecular formula is C15H20O3. The van der Waals surface area contributed by atoms with E-state index in [1.165, 1.54) is 5.56 Å². The van der Waals surface area contributed by atoms with E-state index in [4.69, 9.17) is 9.84 Å². The van der Waals surface area contributed by atoms with E-state index in [0.717, 1.165) is 18.6 Å². The minimum absolute atomic E-state index is 0.111. The van der Waals surface area contributed by atoms with E-state index in [-0.39, 0.29) is 11.8 Å². The minimum Gasteiger partial charge on any atom is -0.493 e. The topological polar surface area (TPSA) is 46.5 Å². The lowest BCUT2D eigenvalue weighted by Crippen LogP contribution is -2.17. The largest absolute Gasteiger partial charge is 0.493 e. The molecule has 0 saturated heterocycles. The van der Waals surface area contributed by atoms with Gasteiger partial charge in [0.25, 0.3) is 0 Å². The predicted molar refractivity (Wildman–Crippen MR) is 69.9 cm³/mol. The number of benzene rings is 1. The third-order valence-electron chi connectivity index (χ3n) is 3.55. The lowest BCUT2D eigenvalue weighted by atomic mass is 10.0. The molecule has 0 heterocycles. The van der Waals surface area contributed by atoms with Crippen LogP contribution in [0.2, 0.25) is 0 Å². The highest BCUT2D eigenvalue weighted by Gasteiger charge is 2.45. The van der Waals surface area contributed by atoms with E-state index in [9.17, 15) is 4.79 Å². The van der Waals surface area contributed by atoms with Crippen LogP contribution < -0.4 is 4.74 Å². The lowest BCUT2D eigenvalue weighted by Gasteiger charge is -2.15. The molecule has 1 N–H and O–H groups in total. The summed E-state index contributed by atoms with van der Waals surface area (Å²) < 4.78 is 5.76. The van der Waals surface area contributed by atoms with Crippen molar-refractivity contribution in [2.75, 3.05) is 6.61 Å². The van der Waals surface area contributed by atoms with Crippen molar-refractivity contribution in [3.63, 3.8) is 0 Å². The van der Waals surface area contributed by atoms with Gasteiger partial charge < -0.3 is 9.84 Å². The van der Waals surface area contributed by atoms with Crippen molar-refractivity contribution >= 4 is 5.97 Å². The Bertz CT molecular complexity index is 433. The highest BCUT2D eigenvalue weighted by molar-refractivity contribution is 5.68. The monoisotopic (exact) mass is 248 g/mol. The smallest absolute Gasteiger partial charge is 0.304 e. The first-order valence-corrected chi connectivity index (χ1v) is 6.45. The second kappa shape index (κ2) is 5.01. The van der Waals surface area contributed by atoms with Crippen LogP contribution in [-0.2, 0) is 4.79 Å². The summed E-state index contributed by atoms with van der Waals surface area (Å²) in [7, 11) is 0. The van der Waals surface area contributed by atoms with Gasteiger partial charge in [-0.1, -0.05) is 26.0 Å². The van der Waals surface area contributed by atoms with E-state index >= 15 is 0 Å². The molecule has 0 radical (unpaired) electrons. The number of rotatable bonds is 6. The molecule has 0 aromatic heterocycles. The number of hydrogen-bond acceptors (Lipinski definition) is 2. The average molecular weight is 248 g/mol. The highest BCUT2D eigenvalue weighted by atomic mass is 16.5. The van der Waals surface area contributed by atoms with Crippen molar-refractivity contribution in [3.8, 4) is 5.75 Å². The molecular weight excluding hydrogens is 228 g/mol. The maximum Gasteiger partial charge on any atom is 0.304 e. The molecule has 1 aliphatic rings. The summed E-state index contributed by atoms with van der Waals surface area (Å²) >= 11 is 0. The maximum absolute atomic E-state index is 10.8. The van der Waals surface area contributed by atoms with Gasteiger partial charge in [-0.25, -0.2) is 0 Å². The minimum atomic E-state index is -0.730. The summed E-state index contributed by atoms with van der Waals surface area (Å²) in [4.78, 5) is 10.8. The van der Waals surface area contributed by atoms with Crippen LogP contribution in [0.25, 0.3) is 0 Å². The van der Waals surface area contributed by atoms with Gasteiger partial charge >= 0.3 is 5.97 Å². The second-order valence-electron chi connectivity index (χ2n) is 5.59. The molecule has 1 fully saturated rings. The van der Waals surface area contributed by atoms with Gasteiger partial charge in [-0.05, 0) is 36.5 Å². The SMILES string of the molecule is CC(C)c1cccc(OCC2(CC(=O)O)CC2)c1. The standard InChI is InChI=1S/C15H20O3/c1-11(2)12-4-3-5-13(8-12)18-10-15(6-7-15)9-14(16)17/h3-5,8,11H,6-7,9-10H2,1-2H3,(H,16,17). The molecule has 0 amide bonds. The molecule has 0 atom stereocenters. The summed E-state index contributed by atoms with van der Waals surface area (Å²) in [6.07, 6.45) is 2.14. The summed E-state index contributed by atoms with van der Waals surface area (Å²) in [5.74, 6) is 0.590. The van der Waals surface area contributed by atoms with Gasteiger partial charge in [0.05, 0.1) is 13.0 Å². The van der Waals surface area contributed by atoms with Crippen molar-refractivity contribution in [1.82, 2.24) is 0 Å². The summed E-state index contributed by atoms with van der Waals surface area (Å²) in [6, 6.07) is 8.05. The molecule has 1 aliphatic carbocycles. The molecule has 3 heteroatoms. The summed E-state index contributed by atoms with van der Waals surface area (Å²) in [5.41, 5.74) is 1.13. The van der Waals surface area contributed by atoms with Crippen LogP contribution in [0.4, 0.5) is 0 Å². The molecule has 1 aromatic carbocycles. The molecule has 1 aromatic rings. The number of carboxylic acids is 1. The number of carbonyl (C=O) groups is 1. The molecule has 18 heavy (non-hydrogen) atoms. The molecule has 0 bridgehead atoms. The molecule has 0 unspecified atom stereocenters. The predicted octanol–water partition coefficient (Wildman–Crippen LogP) is 3.44. The molecule has 3 nitrogen and oxygen atoms in total. The number of ether oxygens (including phenoxy) is 1. The third kappa shape index (κ3) is 3.25. The zero-order valence-corrected chi connectivity index (χ0v) is 11.0. The van der Waals surface area contributed by atoms with Crippen LogP contribution in [0.5, 0.6) is 5.75 Å². The molecule has 0 aliphatic heterocycles. The normalized spacial score (nSPS) is 16.6. The zero-order chi connectivity index (χ0) is 13.2. The molecule has 0 spiro atoms. The Morgan fingerprint density at radius 2 is 2.17 bits per heavy atom. The first kappa shape index (κ1) is 12.9. The maximum atomic E-state index is 10.8. The lowest BCUT2D eigenvalue weighted by molar-refractivity contribution is -0.138. The van der Waals surface area contributed by atoms with Crippen molar-refractivity contribution in [2.45, 2.75) is 39.0 Å². The van der Waals surface area contributed by atoms with E-state index in [1.54, 1.807) is 0 Å². The number of hydrogen-bond donors (Lipinski definition) is 1. The fraction of sp³-hybridized carbons (Fsp3) is 0.533. The van der Waals surface area contributed by atoms with Gasteiger partial charge in [0, 0.05) is 5.41 Å². The van der Waals surface area contributed by atoms with Crippen LogP contribution in [0.3, 0.4) is 0 Å².